The van der Waals surface area contributed by atoms with E-state index in [2.05, 4.69) is 0 Å². The number of rotatable bonds is 2. The van der Waals surface area contributed by atoms with E-state index in [1.807, 2.05) is 4.90 Å². The summed E-state index contributed by atoms with van der Waals surface area (Å²) in [6.45, 7) is 1.46. The molecule has 0 spiro atoms. The van der Waals surface area contributed by atoms with E-state index in [4.69, 9.17) is 11.6 Å². The number of alkyl halides is 3. The molecule has 0 saturated carbocycles. The summed E-state index contributed by atoms with van der Waals surface area (Å²) in [5.74, 6) is -0.941. The van der Waals surface area contributed by atoms with Crippen molar-refractivity contribution in [2.45, 2.75) is 37.9 Å². The second-order valence-electron chi connectivity index (χ2n) is 6.05. The minimum atomic E-state index is -4.65. The van der Waals surface area contributed by atoms with Gasteiger partial charge in [-0.3, -0.25) is 14.5 Å². The number of nitrogens with zero attached hydrogens (tertiary/aromatic N) is 2. The van der Waals surface area contributed by atoms with Crippen LogP contribution in [0.15, 0.2) is 18.2 Å². The molecule has 130 valence electrons. The van der Waals surface area contributed by atoms with Crippen LogP contribution in [0, 0.1) is 0 Å². The molecule has 4 nitrogen and oxygen atoms in total. The average molecular weight is 361 g/mol. The van der Waals surface area contributed by atoms with Gasteiger partial charge in [0, 0.05) is 0 Å². The first-order valence-corrected chi connectivity index (χ1v) is 8.14. The van der Waals surface area contributed by atoms with Gasteiger partial charge in [-0.25, -0.2) is 4.90 Å². The Morgan fingerprint density at radius 3 is 2.38 bits per heavy atom. The Balaban J connectivity index is 1.89. The highest BCUT2D eigenvalue weighted by Crippen LogP contribution is 2.38. The maximum absolute atomic E-state index is 13.0. The van der Waals surface area contributed by atoms with Crippen LogP contribution in [0.5, 0.6) is 0 Å². The first kappa shape index (κ1) is 17.2. The summed E-state index contributed by atoms with van der Waals surface area (Å²) in [5, 5.41) is -0.460. The highest BCUT2D eigenvalue weighted by Gasteiger charge is 2.43. The predicted molar refractivity (Wildman–Crippen MR) is 82.8 cm³/mol. The molecule has 0 N–H and O–H groups in total. The first-order chi connectivity index (χ1) is 11.3. The van der Waals surface area contributed by atoms with E-state index in [-0.39, 0.29) is 12.1 Å². The third-order valence-corrected chi connectivity index (χ3v) is 4.80. The zero-order valence-corrected chi connectivity index (χ0v) is 13.5. The quantitative estimate of drug-likeness (QED) is 0.758. The van der Waals surface area contributed by atoms with Crippen molar-refractivity contribution in [2.75, 3.05) is 18.0 Å². The number of amides is 2. The van der Waals surface area contributed by atoms with E-state index in [1.165, 1.54) is 6.07 Å². The molecule has 2 saturated heterocycles. The molecule has 1 atom stereocenters. The summed E-state index contributed by atoms with van der Waals surface area (Å²) < 4.78 is 39.0. The predicted octanol–water partition coefficient (Wildman–Crippen LogP) is 3.48. The molecule has 2 amide bonds. The molecule has 1 aromatic carbocycles. The van der Waals surface area contributed by atoms with Crippen molar-refractivity contribution < 1.29 is 22.8 Å². The summed E-state index contributed by atoms with van der Waals surface area (Å²) >= 11 is 5.59. The van der Waals surface area contributed by atoms with Crippen LogP contribution in [-0.4, -0.2) is 35.8 Å². The molecule has 2 heterocycles. The minimum absolute atomic E-state index is 0.00279. The van der Waals surface area contributed by atoms with Gasteiger partial charge >= 0.3 is 6.18 Å². The fraction of sp³-hybridized carbons (Fsp3) is 0.500. The standard InChI is InChI=1S/C16H16ClF3N2O2/c17-12-5-4-10(8-11(12)16(18,19)20)22-14(23)9-13(15(22)24)21-6-2-1-3-7-21/h4-5,8,13H,1-3,6-7,9H2. The number of piperidine rings is 1. The Morgan fingerprint density at radius 1 is 1.08 bits per heavy atom. The Kier molecular flexibility index (Phi) is 4.57. The van der Waals surface area contributed by atoms with Crippen molar-refractivity contribution in [1.29, 1.82) is 0 Å². The average Bonchev–Trinajstić information content (AvgIpc) is 2.83. The maximum Gasteiger partial charge on any atom is 0.417 e. The Hall–Kier alpha value is -1.60. The second kappa shape index (κ2) is 6.37. The summed E-state index contributed by atoms with van der Waals surface area (Å²) in [4.78, 5) is 27.7. The monoisotopic (exact) mass is 360 g/mol. The van der Waals surface area contributed by atoms with Crippen molar-refractivity contribution in [3.8, 4) is 0 Å². The zero-order valence-electron chi connectivity index (χ0n) is 12.8. The number of halogens is 4. The van der Waals surface area contributed by atoms with Crippen LogP contribution in [0.2, 0.25) is 5.02 Å². The number of carbonyl (C=O) groups excluding carboxylic acids is 2. The lowest BCUT2D eigenvalue weighted by Gasteiger charge is -2.30. The maximum atomic E-state index is 13.0. The summed E-state index contributed by atoms with van der Waals surface area (Å²) in [6, 6.07) is 2.51. The van der Waals surface area contributed by atoms with Crippen molar-refractivity contribution in [1.82, 2.24) is 4.90 Å². The van der Waals surface area contributed by atoms with Crippen LogP contribution in [0.3, 0.4) is 0 Å². The molecule has 24 heavy (non-hydrogen) atoms. The van der Waals surface area contributed by atoms with Crippen molar-refractivity contribution in [3.63, 3.8) is 0 Å². The third-order valence-electron chi connectivity index (χ3n) is 4.47. The van der Waals surface area contributed by atoms with E-state index in [0.717, 1.165) is 49.4 Å². The lowest BCUT2D eigenvalue weighted by Crippen LogP contribution is -2.44. The van der Waals surface area contributed by atoms with Crippen molar-refractivity contribution >= 4 is 29.1 Å². The largest absolute Gasteiger partial charge is 0.417 e. The smallest absolute Gasteiger partial charge is 0.292 e. The summed E-state index contributed by atoms with van der Waals surface area (Å²) in [5.41, 5.74) is -1.13. The van der Waals surface area contributed by atoms with Gasteiger partial charge in [-0.05, 0) is 44.1 Å². The van der Waals surface area contributed by atoms with E-state index >= 15 is 0 Å². The Morgan fingerprint density at radius 2 is 1.75 bits per heavy atom. The van der Waals surface area contributed by atoms with E-state index in [1.54, 1.807) is 0 Å². The normalized spacial score (nSPS) is 23.2. The van der Waals surface area contributed by atoms with Crippen LogP contribution in [0.4, 0.5) is 18.9 Å². The molecular weight excluding hydrogens is 345 g/mol. The highest BCUT2D eigenvalue weighted by molar-refractivity contribution is 6.31. The molecular formula is C16H16ClF3N2O2. The van der Waals surface area contributed by atoms with Crippen LogP contribution in [0.25, 0.3) is 0 Å². The topological polar surface area (TPSA) is 40.6 Å². The van der Waals surface area contributed by atoms with Gasteiger partial charge in [-0.2, -0.15) is 13.2 Å². The number of hydrogen-bond donors (Lipinski definition) is 0. The lowest BCUT2D eigenvalue weighted by molar-refractivity contribution is -0.137. The third kappa shape index (κ3) is 3.15. The van der Waals surface area contributed by atoms with Crippen molar-refractivity contribution in [3.05, 3.63) is 28.8 Å². The van der Waals surface area contributed by atoms with Gasteiger partial charge in [0.15, 0.2) is 0 Å². The van der Waals surface area contributed by atoms with Gasteiger partial charge < -0.3 is 0 Å². The second-order valence-corrected chi connectivity index (χ2v) is 6.45. The van der Waals surface area contributed by atoms with E-state index < -0.39 is 34.6 Å². The molecule has 3 rings (SSSR count). The number of anilines is 1. The number of hydrogen-bond acceptors (Lipinski definition) is 3. The fourth-order valence-corrected chi connectivity index (χ4v) is 3.50. The molecule has 0 bridgehead atoms. The van der Waals surface area contributed by atoms with Crippen LogP contribution in [-0.2, 0) is 15.8 Å². The molecule has 2 fully saturated rings. The Bertz CT molecular complexity index is 672. The minimum Gasteiger partial charge on any atom is -0.292 e. The highest BCUT2D eigenvalue weighted by atomic mass is 35.5. The van der Waals surface area contributed by atoms with Crippen LogP contribution >= 0.6 is 11.6 Å². The number of benzene rings is 1. The van der Waals surface area contributed by atoms with Gasteiger partial charge in [0.05, 0.1) is 28.7 Å². The summed E-state index contributed by atoms with van der Waals surface area (Å²) in [6.07, 6.45) is -1.65. The van der Waals surface area contributed by atoms with Gasteiger partial charge in [0.25, 0.3) is 5.91 Å². The molecule has 8 heteroatoms. The molecule has 2 aliphatic heterocycles. The first-order valence-electron chi connectivity index (χ1n) is 7.76. The van der Waals surface area contributed by atoms with Gasteiger partial charge in [0.1, 0.15) is 0 Å². The molecule has 0 aromatic heterocycles. The summed E-state index contributed by atoms with van der Waals surface area (Å²) in [7, 11) is 0. The van der Waals surface area contributed by atoms with Crippen molar-refractivity contribution in [2.24, 2.45) is 0 Å². The number of likely N-dealkylation sites (tertiary alicyclic amines) is 1. The molecule has 2 aliphatic rings. The van der Waals surface area contributed by atoms with Gasteiger partial charge in [-0.15, -0.1) is 0 Å². The number of carbonyl (C=O) groups is 2. The molecule has 0 aliphatic carbocycles. The van der Waals surface area contributed by atoms with Gasteiger partial charge in [-0.1, -0.05) is 18.0 Å². The SMILES string of the molecule is O=C1CC(N2CCCCC2)C(=O)N1c1ccc(Cl)c(C(F)(F)F)c1. The van der Waals surface area contributed by atoms with E-state index in [9.17, 15) is 22.8 Å². The lowest BCUT2D eigenvalue weighted by atomic mass is 10.1. The molecule has 1 aromatic rings. The van der Waals surface area contributed by atoms with Gasteiger partial charge in [0.2, 0.25) is 5.91 Å². The van der Waals surface area contributed by atoms with Crippen LogP contribution < -0.4 is 4.90 Å². The molecule has 0 radical (unpaired) electrons. The fourth-order valence-electron chi connectivity index (χ4n) is 3.27. The zero-order chi connectivity index (χ0) is 17.5. The Labute approximate surface area is 142 Å². The molecule has 1 unspecified atom stereocenters. The van der Waals surface area contributed by atoms with Crippen LogP contribution in [0.1, 0.15) is 31.2 Å². The number of imide groups is 1. The van der Waals surface area contributed by atoms with E-state index in [0.29, 0.717) is 0 Å².